The second kappa shape index (κ2) is 6.43. The first-order chi connectivity index (χ1) is 8.34. The summed E-state index contributed by atoms with van der Waals surface area (Å²) in [5.74, 6) is 0. The van der Waals surface area contributed by atoms with Crippen molar-refractivity contribution in [3.05, 3.63) is 29.8 Å². The summed E-state index contributed by atoms with van der Waals surface area (Å²) in [5.41, 5.74) is 0.107. The van der Waals surface area contributed by atoms with E-state index in [1.54, 1.807) is 7.11 Å². The van der Waals surface area contributed by atoms with Gasteiger partial charge >= 0.3 is 6.18 Å². The van der Waals surface area contributed by atoms with Gasteiger partial charge in [0.25, 0.3) is 0 Å². The minimum absolute atomic E-state index is 0.134. The van der Waals surface area contributed by atoms with E-state index in [2.05, 4.69) is 15.9 Å². The van der Waals surface area contributed by atoms with Crippen LogP contribution in [0.25, 0.3) is 0 Å². The van der Waals surface area contributed by atoms with Crippen molar-refractivity contribution in [1.29, 1.82) is 0 Å². The molecule has 1 aromatic carbocycles. The summed E-state index contributed by atoms with van der Waals surface area (Å²) in [4.78, 5) is 2.01. The standard InChI is InChI=1S/C12H15BrF3NO/c1-17(7-10(13)8-18-2)11-5-3-9(4-6-11)12(14,15)16/h3-6,10H,7-8H2,1-2H3. The molecule has 0 bridgehead atoms. The fourth-order valence-electron chi connectivity index (χ4n) is 1.54. The molecule has 0 fully saturated rings. The molecule has 6 heteroatoms. The molecule has 0 N–H and O–H groups in total. The van der Waals surface area contributed by atoms with Gasteiger partial charge in [-0.05, 0) is 24.3 Å². The number of alkyl halides is 4. The van der Waals surface area contributed by atoms with Crippen molar-refractivity contribution in [2.45, 2.75) is 11.0 Å². The fourth-order valence-corrected chi connectivity index (χ4v) is 2.24. The zero-order valence-electron chi connectivity index (χ0n) is 10.2. The van der Waals surface area contributed by atoms with Crippen LogP contribution < -0.4 is 4.90 Å². The van der Waals surface area contributed by atoms with E-state index in [-0.39, 0.29) is 4.83 Å². The van der Waals surface area contributed by atoms with Crippen molar-refractivity contribution < 1.29 is 17.9 Å². The highest BCUT2D eigenvalue weighted by Gasteiger charge is 2.30. The van der Waals surface area contributed by atoms with E-state index in [1.165, 1.54) is 12.1 Å². The van der Waals surface area contributed by atoms with Gasteiger partial charge in [-0.3, -0.25) is 0 Å². The van der Waals surface area contributed by atoms with Gasteiger partial charge in [-0.25, -0.2) is 0 Å². The predicted octanol–water partition coefficient (Wildman–Crippen LogP) is 3.55. The van der Waals surface area contributed by atoms with Crippen LogP contribution in [0.4, 0.5) is 18.9 Å². The summed E-state index contributed by atoms with van der Waals surface area (Å²) >= 11 is 3.44. The number of methoxy groups -OCH3 is 1. The molecular weight excluding hydrogens is 311 g/mol. The first-order valence-corrected chi connectivity index (χ1v) is 6.27. The Balaban J connectivity index is 2.67. The zero-order valence-corrected chi connectivity index (χ0v) is 11.8. The average molecular weight is 326 g/mol. The number of rotatable bonds is 5. The maximum absolute atomic E-state index is 12.4. The van der Waals surface area contributed by atoms with Gasteiger partial charge in [-0.1, -0.05) is 15.9 Å². The summed E-state index contributed by atoms with van der Waals surface area (Å²) < 4.78 is 42.2. The van der Waals surface area contributed by atoms with E-state index in [4.69, 9.17) is 4.74 Å². The first kappa shape index (κ1) is 15.3. The van der Waals surface area contributed by atoms with Crippen molar-refractivity contribution in [1.82, 2.24) is 0 Å². The molecule has 0 spiro atoms. The molecule has 1 atom stereocenters. The van der Waals surface area contributed by atoms with Gasteiger partial charge in [-0.2, -0.15) is 13.2 Å². The lowest BCUT2D eigenvalue weighted by Gasteiger charge is -2.22. The Kier molecular flexibility index (Phi) is 5.47. The monoisotopic (exact) mass is 325 g/mol. The van der Waals surface area contributed by atoms with E-state index >= 15 is 0 Å². The molecule has 102 valence electrons. The van der Waals surface area contributed by atoms with E-state index in [9.17, 15) is 13.2 Å². The van der Waals surface area contributed by atoms with Crippen molar-refractivity contribution in [2.24, 2.45) is 0 Å². The van der Waals surface area contributed by atoms with Crippen LogP contribution in [0.2, 0.25) is 0 Å². The summed E-state index contributed by atoms with van der Waals surface area (Å²) in [7, 11) is 3.43. The van der Waals surface area contributed by atoms with Crippen LogP contribution in [-0.4, -0.2) is 32.1 Å². The largest absolute Gasteiger partial charge is 0.416 e. The lowest BCUT2D eigenvalue weighted by atomic mass is 10.2. The molecule has 1 aromatic rings. The molecule has 18 heavy (non-hydrogen) atoms. The van der Waals surface area contributed by atoms with E-state index < -0.39 is 11.7 Å². The topological polar surface area (TPSA) is 12.5 Å². The van der Waals surface area contributed by atoms with Crippen LogP contribution in [0.3, 0.4) is 0 Å². The van der Waals surface area contributed by atoms with Crippen LogP contribution in [0.5, 0.6) is 0 Å². The summed E-state index contributed by atoms with van der Waals surface area (Å²) in [5, 5.41) is 0. The molecule has 1 rings (SSSR count). The number of hydrogen-bond acceptors (Lipinski definition) is 2. The van der Waals surface area contributed by atoms with Crippen molar-refractivity contribution >= 4 is 21.6 Å². The van der Waals surface area contributed by atoms with E-state index in [0.29, 0.717) is 13.2 Å². The molecule has 0 saturated heterocycles. The minimum atomic E-state index is -4.29. The lowest BCUT2D eigenvalue weighted by Crippen LogP contribution is -2.28. The SMILES string of the molecule is COCC(Br)CN(C)c1ccc(C(F)(F)F)cc1. The van der Waals surface area contributed by atoms with Gasteiger partial charge in [0.15, 0.2) is 0 Å². The van der Waals surface area contributed by atoms with Crippen molar-refractivity contribution in [3.8, 4) is 0 Å². The normalized spacial score (nSPS) is 13.4. The van der Waals surface area contributed by atoms with Crippen molar-refractivity contribution in [2.75, 3.05) is 32.2 Å². The number of anilines is 1. The summed E-state index contributed by atoms with van der Waals surface area (Å²) in [6, 6.07) is 5.11. The Labute approximate surface area is 113 Å². The quantitative estimate of drug-likeness (QED) is 0.768. The third kappa shape index (κ3) is 4.49. The van der Waals surface area contributed by atoms with Crippen molar-refractivity contribution in [3.63, 3.8) is 0 Å². The number of halogens is 4. The fraction of sp³-hybridized carbons (Fsp3) is 0.500. The second-order valence-electron chi connectivity index (χ2n) is 3.98. The highest BCUT2D eigenvalue weighted by Crippen LogP contribution is 2.30. The molecule has 0 aliphatic heterocycles. The lowest BCUT2D eigenvalue weighted by molar-refractivity contribution is -0.137. The van der Waals surface area contributed by atoms with E-state index in [0.717, 1.165) is 17.8 Å². The van der Waals surface area contributed by atoms with Crippen LogP contribution in [-0.2, 0) is 10.9 Å². The number of ether oxygens (including phenoxy) is 1. The van der Waals surface area contributed by atoms with Gasteiger partial charge in [-0.15, -0.1) is 0 Å². The van der Waals surface area contributed by atoms with Crippen LogP contribution in [0.15, 0.2) is 24.3 Å². The molecule has 0 aliphatic carbocycles. The molecule has 0 saturated carbocycles. The van der Waals surface area contributed by atoms with Gasteiger partial charge < -0.3 is 9.64 Å². The van der Waals surface area contributed by atoms with Crippen LogP contribution in [0, 0.1) is 0 Å². The third-order valence-corrected chi connectivity index (χ3v) is 3.01. The molecule has 0 radical (unpaired) electrons. The zero-order chi connectivity index (χ0) is 13.8. The Morgan fingerprint density at radius 2 is 1.83 bits per heavy atom. The molecule has 1 unspecified atom stereocenters. The Morgan fingerprint density at radius 1 is 1.28 bits per heavy atom. The Bertz CT molecular complexity index is 367. The molecular formula is C12H15BrF3NO. The molecule has 0 heterocycles. The van der Waals surface area contributed by atoms with Crippen LogP contribution >= 0.6 is 15.9 Å². The molecule has 0 aliphatic rings. The summed E-state index contributed by atoms with van der Waals surface area (Å²) in [6.07, 6.45) is -4.29. The molecule has 2 nitrogen and oxygen atoms in total. The second-order valence-corrected chi connectivity index (χ2v) is 5.27. The Morgan fingerprint density at radius 3 is 2.28 bits per heavy atom. The smallest absolute Gasteiger partial charge is 0.383 e. The number of hydrogen-bond donors (Lipinski definition) is 0. The maximum Gasteiger partial charge on any atom is 0.416 e. The van der Waals surface area contributed by atoms with Crippen LogP contribution in [0.1, 0.15) is 5.56 Å². The number of benzene rings is 1. The van der Waals surface area contributed by atoms with Gasteiger partial charge in [0.2, 0.25) is 0 Å². The van der Waals surface area contributed by atoms with Gasteiger partial charge in [0, 0.05) is 26.4 Å². The third-order valence-electron chi connectivity index (χ3n) is 2.45. The minimum Gasteiger partial charge on any atom is -0.383 e. The Hall–Kier alpha value is -0.750. The predicted molar refractivity (Wildman–Crippen MR) is 69.3 cm³/mol. The molecule has 0 aromatic heterocycles. The average Bonchev–Trinajstić information content (AvgIpc) is 2.28. The van der Waals surface area contributed by atoms with Gasteiger partial charge in [0.1, 0.15) is 0 Å². The van der Waals surface area contributed by atoms with Gasteiger partial charge in [0.05, 0.1) is 17.0 Å². The highest BCUT2D eigenvalue weighted by atomic mass is 79.9. The highest BCUT2D eigenvalue weighted by molar-refractivity contribution is 9.09. The van der Waals surface area contributed by atoms with E-state index in [1.807, 2.05) is 11.9 Å². The summed E-state index contributed by atoms with van der Waals surface area (Å²) in [6.45, 7) is 1.20. The molecule has 0 amide bonds. The first-order valence-electron chi connectivity index (χ1n) is 5.36. The maximum atomic E-state index is 12.4. The number of nitrogens with zero attached hydrogens (tertiary/aromatic N) is 1.